The van der Waals surface area contributed by atoms with Crippen molar-refractivity contribution in [3.8, 4) is 11.1 Å². The first-order chi connectivity index (χ1) is 12.6. The maximum absolute atomic E-state index is 12.0. The smallest absolute Gasteiger partial charge is 0.251 e. The zero-order chi connectivity index (χ0) is 18.5. The molecule has 3 rings (SSSR count). The van der Waals surface area contributed by atoms with E-state index in [1.54, 1.807) is 7.11 Å². The molecule has 5 nitrogen and oxygen atoms in total. The first kappa shape index (κ1) is 18.1. The Morgan fingerprint density at radius 3 is 2.54 bits per heavy atom. The number of amides is 2. The van der Waals surface area contributed by atoms with Gasteiger partial charge in [-0.2, -0.15) is 0 Å². The second kappa shape index (κ2) is 8.15. The van der Waals surface area contributed by atoms with Crippen LogP contribution in [0.3, 0.4) is 0 Å². The van der Waals surface area contributed by atoms with E-state index in [9.17, 15) is 9.59 Å². The molecule has 0 aromatic heterocycles. The minimum atomic E-state index is -0.101. The number of nitrogens with one attached hydrogen (secondary N) is 1. The summed E-state index contributed by atoms with van der Waals surface area (Å²) in [5, 5.41) is 2.81. The van der Waals surface area contributed by atoms with E-state index in [4.69, 9.17) is 4.74 Å². The van der Waals surface area contributed by atoms with Gasteiger partial charge in [-0.05, 0) is 47.4 Å². The molecule has 2 amide bonds. The van der Waals surface area contributed by atoms with Crippen molar-refractivity contribution in [3.05, 3.63) is 53.6 Å². The van der Waals surface area contributed by atoms with Crippen LogP contribution in [0.5, 0.6) is 0 Å². The Balaban J connectivity index is 1.74. The molecule has 0 aliphatic carbocycles. The molecule has 1 aliphatic heterocycles. The van der Waals surface area contributed by atoms with E-state index in [1.807, 2.05) is 48.2 Å². The fourth-order valence-electron chi connectivity index (χ4n) is 3.21. The summed E-state index contributed by atoms with van der Waals surface area (Å²) in [6.45, 7) is 3.64. The van der Waals surface area contributed by atoms with Crippen molar-refractivity contribution >= 4 is 17.5 Å². The van der Waals surface area contributed by atoms with Gasteiger partial charge in [-0.1, -0.05) is 25.1 Å². The summed E-state index contributed by atoms with van der Waals surface area (Å²) in [4.78, 5) is 25.9. The Morgan fingerprint density at radius 1 is 1.12 bits per heavy atom. The lowest BCUT2D eigenvalue weighted by atomic mass is 10.0. The fraction of sp³-hybridized carbons (Fsp3) is 0.333. The van der Waals surface area contributed by atoms with Crippen LogP contribution in [0.4, 0.5) is 5.69 Å². The largest absolute Gasteiger partial charge is 0.383 e. The lowest BCUT2D eigenvalue weighted by molar-refractivity contribution is -0.118. The lowest BCUT2D eigenvalue weighted by Gasteiger charge is -2.16. The van der Waals surface area contributed by atoms with Crippen LogP contribution in [0.15, 0.2) is 42.5 Å². The van der Waals surface area contributed by atoms with Crippen LogP contribution < -0.4 is 10.2 Å². The number of benzene rings is 2. The molecule has 1 aliphatic rings. The number of fused-ring (bicyclic) bond motifs is 1. The van der Waals surface area contributed by atoms with Gasteiger partial charge in [0.2, 0.25) is 5.91 Å². The highest BCUT2D eigenvalue weighted by Crippen LogP contribution is 2.32. The normalized spacial score (nSPS) is 12.8. The second-order valence-corrected chi connectivity index (χ2v) is 6.32. The number of ether oxygens (including phenoxy) is 1. The third-order valence-electron chi connectivity index (χ3n) is 4.65. The molecule has 0 fully saturated rings. The number of methoxy groups -OCH3 is 1. The van der Waals surface area contributed by atoms with E-state index in [1.165, 1.54) is 5.56 Å². The zero-order valence-electron chi connectivity index (χ0n) is 15.2. The van der Waals surface area contributed by atoms with Crippen molar-refractivity contribution in [3.63, 3.8) is 0 Å². The predicted molar refractivity (Wildman–Crippen MR) is 102 cm³/mol. The van der Waals surface area contributed by atoms with E-state index in [-0.39, 0.29) is 11.8 Å². The Hall–Kier alpha value is -2.66. The topological polar surface area (TPSA) is 58.6 Å². The van der Waals surface area contributed by atoms with Gasteiger partial charge in [-0.15, -0.1) is 0 Å². The summed E-state index contributed by atoms with van der Waals surface area (Å²) in [6, 6.07) is 13.8. The maximum Gasteiger partial charge on any atom is 0.251 e. The summed E-state index contributed by atoms with van der Waals surface area (Å²) < 4.78 is 4.93. The van der Waals surface area contributed by atoms with Crippen LogP contribution in [-0.2, 0) is 16.0 Å². The van der Waals surface area contributed by atoms with E-state index in [2.05, 4.69) is 11.4 Å². The quantitative estimate of drug-likeness (QED) is 0.813. The van der Waals surface area contributed by atoms with Crippen LogP contribution in [0.25, 0.3) is 11.1 Å². The van der Waals surface area contributed by atoms with Gasteiger partial charge in [0, 0.05) is 37.9 Å². The molecule has 1 N–H and O–H groups in total. The molecule has 136 valence electrons. The average molecular weight is 352 g/mol. The van der Waals surface area contributed by atoms with Crippen molar-refractivity contribution in [2.24, 2.45) is 0 Å². The number of carbonyl (C=O) groups excluding carboxylic acids is 2. The summed E-state index contributed by atoms with van der Waals surface area (Å²) in [5.41, 5.74) is 5.01. The van der Waals surface area contributed by atoms with Crippen molar-refractivity contribution < 1.29 is 14.3 Å². The summed E-state index contributed by atoms with van der Waals surface area (Å²) in [7, 11) is 1.61. The molecule has 0 atom stereocenters. The first-order valence-corrected chi connectivity index (χ1v) is 8.95. The lowest BCUT2D eigenvalue weighted by Crippen LogP contribution is -2.27. The Morgan fingerprint density at radius 2 is 1.85 bits per heavy atom. The molecular formula is C21H24N2O3. The average Bonchev–Trinajstić information content (AvgIpc) is 3.11. The number of hydrogen-bond acceptors (Lipinski definition) is 3. The number of nitrogens with zero attached hydrogens (tertiary/aromatic N) is 1. The Bertz CT molecular complexity index is 799. The van der Waals surface area contributed by atoms with Crippen LogP contribution in [0.1, 0.15) is 29.3 Å². The molecule has 0 saturated heterocycles. The molecule has 0 bridgehead atoms. The summed E-state index contributed by atoms with van der Waals surface area (Å²) in [5.74, 6) is 0.0663. The predicted octanol–water partition coefficient (Wildman–Crippen LogP) is 3.03. The minimum Gasteiger partial charge on any atom is -0.383 e. The van der Waals surface area contributed by atoms with Gasteiger partial charge in [0.15, 0.2) is 0 Å². The highest BCUT2D eigenvalue weighted by Gasteiger charge is 2.23. The highest BCUT2D eigenvalue weighted by molar-refractivity contribution is 5.96. The highest BCUT2D eigenvalue weighted by atomic mass is 16.5. The van der Waals surface area contributed by atoms with Gasteiger partial charge >= 0.3 is 0 Å². The van der Waals surface area contributed by atoms with Crippen LogP contribution >= 0.6 is 0 Å². The third kappa shape index (κ3) is 3.78. The molecule has 26 heavy (non-hydrogen) atoms. The summed E-state index contributed by atoms with van der Waals surface area (Å²) in [6.07, 6.45) is 1.41. The SMILES string of the molecule is CCC(=O)N1CCc2cc(-c3ccc(C(=O)NCCOC)cc3)ccc21. The van der Waals surface area contributed by atoms with Gasteiger partial charge < -0.3 is 15.0 Å². The molecular weight excluding hydrogens is 328 g/mol. The third-order valence-corrected chi connectivity index (χ3v) is 4.65. The van der Waals surface area contributed by atoms with Crippen LogP contribution in [0, 0.1) is 0 Å². The van der Waals surface area contributed by atoms with E-state index in [0.29, 0.717) is 25.1 Å². The van der Waals surface area contributed by atoms with E-state index in [0.717, 1.165) is 29.8 Å². The number of hydrogen-bond donors (Lipinski definition) is 1. The zero-order valence-corrected chi connectivity index (χ0v) is 15.2. The minimum absolute atomic E-state index is 0.101. The number of anilines is 1. The number of carbonyl (C=O) groups is 2. The van der Waals surface area contributed by atoms with Crippen molar-refractivity contribution in [2.75, 3.05) is 31.7 Å². The first-order valence-electron chi connectivity index (χ1n) is 8.95. The Kier molecular flexibility index (Phi) is 5.68. The molecule has 2 aromatic carbocycles. The van der Waals surface area contributed by atoms with Crippen molar-refractivity contribution in [1.82, 2.24) is 5.32 Å². The van der Waals surface area contributed by atoms with Crippen molar-refractivity contribution in [1.29, 1.82) is 0 Å². The van der Waals surface area contributed by atoms with E-state index < -0.39 is 0 Å². The van der Waals surface area contributed by atoms with Gasteiger partial charge in [0.05, 0.1) is 6.61 Å². The summed E-state index contributed by atoms with van der Waals surface area (Å²) >= 11 is 0. The van der Waals surface area contributed by atoms with Gasteiger partial charge in [-0.25, -0.2) is 0 Å². The Labute approximate surface area is 154 Å². The molecule has 0 saturated carbocycles. The standard InChI is InChI=1S/C21H24N2O3/c1-3-20(24)23-12-10-18-14-17(8-9-19(18)23)15-4-6-16(7-5-15)21(25)22-11-13-26-2/h4-9,14H,3,10-13H2,1-2H3,(H,22,25). The second-order valence-electron chi connectivity index (χ2n) is 6.32. The molecule has 2 aromatic rings. The van der Waals surface area contributed by atoms with Gasteiger partial charge in [-0.3, -0.25) is 9.59 Å². The van der Waals surface area contributed by atoms with Gasteiger partial charge in [0.1, 0.15) is 0 Å². The van der Waals surface area contributed by atoms with Gasteiger partial charge in [0.25, 0.3) is 5.91 Å². The van der Waals surface area contributed by atoms with Crippen molar-refractivity contribution in [2.45, 2.75) is 19.8 Å². The monoisotopic (exact) mass is 352 g/mol. The molecule has 0 radical (unpaired) electrons. The fourth-order valence-corrected chi connectivity index (χ4v) is 3.21. The molecule has 0 unspecified atom stereocenters. The number of rotatable bonds is 6. The van der Waals surface area contributed by atoms with Crippen LogP contribution in [0.2, 0.25) is 0 Å². The van der Waals surface area contributed by atoms with E-state index >= 15 is 0 Å². The maximum atomic E-state index is 12.0. The molecule has 5 heteroatoms. The molecule has 0 spiro atoms. The molecule has 1 heterocycles. The van der Waals surface area contributed by atoms with Crippen LogP contribution in [-0.4, -0.2) is 38.6 Å².